The van der Waals surface area contributed by atoms with Crippen LogP contribution in [0.25, 0.3) is 0 Å². The van der Waals surface area contributed by atoms with Crippen LogP contribution in [0.15, 0.2) is 11.8 Å². The molecule has 2 bridgehead atoms. The third-order valence-corrected chi connectivity index (χ3v) is 8.58. The molecule has 0 heterocycles. The minimum atomic E-state index is -0.465. The van der Waals surface area contributed by atoms with Crippen LogP contribution in [-0.2, 0) is 14.3 Å². The number of hydrogen-bond acceptors (Lipinski definition) is 3. The molecule has 3 atom stereocenters. The molecule has 0 amide bonds. The van der Waals surface area contributed by atoms with E-state index in [0.717, 1.165) is 12.8 Å². The molecule has 0 spiro atoms. The van der Waals surface area contributed by atoms with Gasteiger partial charge in [0.25, 0.3) is 0 Å². The molecule has 0 N–H and O–H groups in total. The highest BCUT2D eigenvalue weighted by atomic mass is 79.9. The van der Waals surface area contributed by atoms with Gasteiger partial charge in [-0.05, 0) is 29.1 Å². The highest BCUT2D eigenvalue weighted by Gasteiger charge is 2.81. The quantitative estimate of drug-likeness (QED) is 0.536. The number of ether oxygens (including phenoxy) is 1. The van der Waals surface area contributed by atoms with Crippen molar-refractivity contribution in [3.63, 3.8) is 0 Å². The Morgan fingerprint density at radius 2 is 1.82 bits per heavy atom. The Hall–Kier alpha value is -0.640. The van der Waals surface area contributed by atoms with Crippen molar-refractivity contribution in [2.75, 3.05) is 0 Å². The average molecular weight is 369 g/mol. The van der Waals surface area contributed by atoms with Gasteiger partial charge in [0.05, 0.1) is 5.41 Å². The van der Waals surface area contributed by atoms with Gasteiger partial charge in [-0.25, -0.2) is 0 Å². The number of rotatable bonds is 2. The molecule has 3 saturated carbocycles. The fourth-order valence-corrected chi connectivity index (χ4v) is 6.76. The zero-order chi connectivity index (χ0) is 16.6. The van der Waals surface area contributed by atoms with Crippen molar-refractivity contribution in [1.29, 1.82) is 0 Å². The van der Waals surface area contributed by atoms with Crippen molar-refractivity contribution in [1.82, 2.24) is 0 Å². The van der Waals surface area contributed by atoms with E-state index >= 15 is 0 Å². The first-order chi connectivity index (χ1) is 9.96. The van der Waals surface area contributed by atoms with Crippen LogP contribution in [0.4, 0.5) is 0 Å². The summed E-state index contributed by atoms with van der Waals surface area (Å²) in [6, 6.07) is 0. The van der Waals surface area contributed by atoms with E-state index < -0.39 is 5.41 Å². The van der Waals surface area contributed by atoms with E-state index in [2.05, 4.69) is 36.7 Å². The van der Waals surface area contributed by atoms with Crippen molar-refractivity contribution in [2.24, 2.45) is 21.7 Å². The molecule has 0 aromatic heterocycles. The fraction of sp³-hybridized carbons (Fsp3) is 0.778. The van der Waals surface area contributed by atoms with E-state index in [4.69, 9.17) is 4.74 Å². The third kappa shape index (κ3) is 1.79. The van der Waals surface area contributed by atoms with Crippen molar-refractivity contribution in [3.8, 4) is 0 Å². The minimum Gasteiger partial charge on any atom is -0.430 e. The molecule has 0 radical (unpaired) electrons. The minimum absolute atomic E-state index is 0.0519. The monoisotopic (exact) mass is 368 g/mol. The molecule has 4 heteroatoms. The molecular formula is C18H25BrO3. The van der Waals surface area contributed by atoms with Gasteiger partial charge in [0.15, 0.2) is 5.78 Å². The molecule has 0 aromatic carbocycles. The predicted octanol–water partition coefficient (Wildman–Crippen LogP) is 4.39. The number of halogens is 1. The van der Waals surface area contributed by atoms with Crippen LogP contribution in [-0.4, -0.2) is 16.6 Å². The van der Waals surface area contributed by atoms with Crippen LogP contribution in [0.3, 0.4) is 0 Å². The molecular weight excluding hydrogens is 344 g/mol. The summed E-state index contributed by atoms with van der Waals surface area (Å²) in [5.74, 6) is 0.429. The molecule has 3 nitrogen and oxygen atoms in total. The Balaban J connectivity index is 1.83. The highest BCUT2D eigenvalue weighted by Crippen LogP contribution is 2.80. The van der Waals surface area contributed by atoms with E-state index in [9.17, 15) is 9.59 Å². The number of carbonyl (C=O) groups excluding carboxylic acids is 2. The second kappa shape index (κ2) is 4.46. The van der Waals surface area contributed by atoms with Gasteiger partial charge < -0.3 is 4.74 Å². The summed E-state index contributed by atoms with van der Waals surface area (Å²) in [7, 11) is 0. The van der Waals surface area contributed by atoms with Crippen LogP contribution in [0.5, 0.6) is 0 Å². The van der Waals surface area contributed by atoms with Crippen LogP contribution < -0.4 is 0 Å². The number of fused-ring (bicyclic) bond motifs is 1. The van der Waals surface area contributed by atoms with Crippen molar-refractivity contribution in [3.05, 3.63) is 11.8 Å². The Morgan fingerprint density at radius 1 is 1.18 bits per heavy atom. The Labute approximate surface area is 141 Å². The first-order valence-electron chi connectivity index (χ1n) is 8.06. The van der Waals surface area contributed by atoms with Crippen molar-refractivity contribution >= 4 is 27.7 Å². The maximum atomic E-state index is 13.0. The van der Waals surface area contributed by atoms with Crippen LogP contribution in [0, 0.1) is 21.7 Å². The summed E-state index contributed by atoms with van der Waals surface area (Å²) in [6.07, 6.45) is 4.57. The summed E-state index contributed by atoms with van der Waals surface area (Å²) in [4.78, 5) is 25.0. The van der Waals surface area contributed by atoms with Gasteiger partial charge in [-0.3, -0.25) is 9.59 Å². The maximum Gasteiger partial charge on any atom is 0.318 e. The van der Waals surface area contributed by atoms with E-state index in [1.54, 1.807) is 0 Å². The van der Waals surface area contributed by atoms with E-state index in [1.807, 2.05) is 13.8 Å². The summed E-state index contributed by atoms with van der Waals surface area (Å²) in [5.41, 5.74) is -0.540. The largest absolute Gasteiger partial charge is 0.430 e. The molecule has 122 valence electrons. The predicted molar refractivity (Wildman–Crippen MR) is 88.5 cm³/mol. The second-order valence-electron chi connectivity index (χ2n) is 8.86. The molecule has 4 aliphatic rings. The third-order valence-electron chi connectivity index (χ3n) is 6.79. The number of hydrogen-bond donors (Lipinski definition) is 0. The van der Waals surface area contributed by atoms with E-state index in [1.165, 1.54) is 6.08 Å². The van der Waals surface area contributed by atoms with Gasteiger partial charge >= 0.3 is 5.97 Å². The van der Waals surface area contributed by atoms with Gasteiger partial charge in [0, 0.05) is 23.7 Å². The number of alkyl halides is 1. The molecule has 3 fully saturated rings. The maximum absolute atomic E-state index is 13.0. The summed E-state index contributed by atoms with van der Waals surface area (Å²) >= 11 is 3.75. The first-order valence-corrected chi connectivity index (χ1v) is 8.98. The van der Waals surface area contributed by atoms with Crippen molar-refractivity contribution in [2.45, 2.75) is 65.1 Å². The molecule has 22 heavy (non-hydrogen) atoms. The highest BCUT2D eigenvalue weighted by molar-refractivity contribution is 9.09. The summed E-state index contributed by atoms with van der Waals surface area (Å²) < 4.78 is 5.74. The lowest BCUT2D eigenvalue weighted by molar-refractivity contribution is -0.182. The first kappa shape index (κ1) is 16.2. The lowest BCUT2D eigenvalue weighted by atomic mass is 9.43. The number of carbonyl (C=O) groups is 2. The SMILES string of the molecule is CC1(C)CC(=O)C=C(OC(=O)C23CCC(C)(C2Br)C3(C)C)C1. The summed E-state index contributed by atoms with van der Waals surface area (Å²) in [6.45, 7) is 10.7. The second-order valence-corrected chi connectivity index (χ2v) is 9.78. The zero-order valence-corrected chi connectivity index (χ0v) is 15.7. The zero-order valence-electron chi connectivity index (χ0n) is 14.1. The van der Waals surface area contributed by atoms with Gasteiger partial charge in [0.1, 0.15) is 5.76 Å². The Morgan fingerprint density at radius 3 is 2.27 bits per heavy atom. The smallest absolute Gasteiger partial charge is 0.318 e. The number of esters is 1. The van der Waals surface area contributed by atoms with E-state index in [0.29, 0.717) is 18.6 Å². The number of allylic oxidation sites excluding steroid dienone is 2. The molecule has 0 aliphatic heterocycles. The Bertz CT molecular complexity index is 589. The Kier molecular flexibility index (Phi) is 3.29. The normalized spacial score (nSPS) is 41.6. The summed E-state index contributed by atoms with van der Waals surface area (Å²) in [5, 5.41) is 0. The lowest BCUT2D eigenvalue weighted by Gasteiger charge is -2.63. The molecule has 0 saturated heterocycles. The van der Waals surface area contributed by atoms with Gasteiger partial charge in [-0.1, -0.05) is 50.5 Å². The van der Waals surface area contributed by atoms with Gasteiger partial charge in [-0.15, -0.1) is 0 Å². The van der Waals surface area contributed by atoms with Crippen LogP contribution in [0.1, 0.15) is 60.3 Å². The lowest BCUT2D eigenvalue weighted by Crippen LogP contribution is -2.67. The average Bonchev–Trinajstić information content (AvgIpc) is 2.74. The molecule has 0 aromatic rings. The molecule has 3 unspecified atom stereocenters. The van der Waals surface area contributed by atoms with Crippen molar-refractivity contribution < 1.29 is 14.3 Å². The number of ketones is 1. The molecule has 4 aliphatic carbocycles. The van der Waals surface area contributed by atoms with Gasteiger partial charge in [-0.2, -0.15) is 0 Å². The van der Waals surface area contributed by atoms with Gasteiger partial charge in [0.2, 0.25) is 0 Å². The molecule has 4 rings (SSSR count). The standard InChI is InChI=1S/C18H25BrO3/c1-15(2)9-11(20)8-12(10-15)22-14(21)18-7-6-17(5,13(18)19)16(18,3)4/h8,13H,6-7,9-10H2,1-5H3. The van der Waals surface area contributed by atoms with E-state index in [-0.39, 0.29) is 32.8 Å². The topological polar surface area (TPSA) is 43.4 Å². The van der Waals surface area contributed by atoms with Crippen LogP contribution >= 0.6 is 15.9 Å². The van der Waals surface area contributed by atoms with Crippen LogP contribution in [0.2, 0.25) is 0 Å². The fourth-order valence-electron chi connectivity index (χ4n) is 4.97.